The van der Waals surface area contributed by atoms with Crippen molar-refractivity contribution in [1.82, 2.24) is 30.0 Å². The van der Waals surface area contributed by atoms with Gasteiger partial charge in [-0.15, -0.1) is 10.2 Å². The number of benzene rings is 1. The van der Waals surface area contributed by atoms with Crippen molar-refractivity contribution in [2.75, 3.05) is 12.4 Å². The van der Waals surface area contributed by atoms with E-state index in [0.717, 1.165) is 21.1 Å². The average molecular weight is 397 g/mol. The first-order valence-corrected chi connectivity index (χ1v) is 8.82. The van der Waals surface area contributed by atoms with E-state index in [1.807, 2.05) is 0 Å². The van der Waals surface area contributed by atoms with E-state index >= 15 is 0 Å². The van der Waals surface area contributed by atoms with Crippen molar-refractivity contribution in [2.24, 2.45) is 0 Å². The van der Waals surface area contributed by atoms with Gasteiger partial charge in [-0.3, -0.25) is 4.79 Å². The average Bonchev–Trinajstić information content (AvgIpc) is 3.22. The van der Waals surface area contributed by atoms with Crippen LogP contribution in [0, 0.1) is 0 Å². The zero-order valence-corrected chi connectivity index (χ0v) is 15.1. The number of thioether (sulfide) groups is 1. The maximum atomic E-state index is 12.4. The van der Waals surface area contributed by atoms with Gasteiger partial charge in [0.2, 0.25) is 5.89 Å². The van der Waals surface area contributed by atoms with Gasteiger partial charge in [-0.25, -0.2) is 4.79 Å². The molecule has 2 heterocycles. The van der Waals surface area contributed by atoms with Gasteiger partial charge in [0, 0.05) is 5.02 Å². The van der Waals surface area contributed by atoms with Crippen molar-refractivity contribution in [3.8, 4) is 5.69 Å². The Balaban J connectivity index is 1.68. The van der Waals surface area contributed by atoms with Crippen molar-refractivity contribution < 1.29 is 13.9 Å². The number of carbonyl (C=O) groups is 1. The zero-order valence-electron chi connectivity index (χ0n) is 13.5. The number of carbonyl (C=O) groups excluding carboxylic acids is 1. The summed E-state index contributed by atoms with van der Waals surface area (Å²) in [6.07, 6.45) is 0. The second-order valence-corrected chi connectivity index (χ2v) is 6.23. The van der Waals surface area contributed by atoms with Gasteiger partial charge in [-0.2, -0.15) is 9.36 Å². The summed E-state index contributed by atoms with van der Waals surface area (Å²) < 4.78 is 12.4. The molecule has 0 saturated heterocycles. The van der Waals surface area contributed by atoms with E-state index in [1.54, 1.807) is 31.2 Å². The number of rotatable bonds is 7. The van der Waals surface area contributed by atoms with E-state index in [2.05, 4.69) is 20.6 Å². The Morgan fingerprint density at radius 1 is 1.27 bits per heavy atom. The lowest BCUT2D eigenvalue weighted by molar-refractivity contribution is -0.139. The molecule has 0 amide bonds. The van der Waals surface area contributed by atoms with Gasteiger partial charge < -0.3 is 9.15 Å². The Morgan fingerprint density at radius 2 is 2.04 bits per heavy atom. The maximum absolute atomic E-state index is 12.4. The minimum absolute atomic E-state index is 0.0423. The van der Waals surface area contributed by atoms with Crippen LogP contribution < -0.4 is 5.69 Å². The monoisotopic (exact) mass is 396 g/mol. The van der Waals surface area contributed by atoms with E-state index < -0.39 is 5.69 Å². The first-order chi connectivity index (χ1) is 12.6. The van der Waals surface area contributed by atoms with Gasteiger partial charge in [0.05, 0.1) is 12.3 Å². The number of hydrogen-bond donors (Lipinski definition) is 0. The quantitative estimate of drug-likeness (QED) is 0.428. The second kappa shape index (κ2) is 8.15. The fraction of sp³-hybridized carbons (Fsp3) is 0.286. The van der Waals surface area contributed by atoms with Crippen LogP contribution in [0.5, 0.6) is 0 Å². The van der Waals surface area contributed by atoms with Gasteiger partial charge in [-0.1, -0.05) is 23.4 Å². The number of nitrogens with zero attached hydrogens (tertiary/aromatic N) is 6. The molecule has 3 aromatic rings. The standard InChI is InChI=1S/C14H13ClN6O4S/c1-2-24-12(22)8-26-13-17-16-11(25-13)7-20-14(23)21(19-18-20)10-5-3-9(15)4-6-10/h3-6H,2,7-8H2,1H3. The third-order valence-corrected chi connectivity index (χ3v) is 4.11. The molecule has 0 aliphatic heterocycles. The Hall–Kier alpha value is -2.66. The molecule has 26 heavy (non-hydrogen) atoms. The van der Waals surface area contributed by atoms with Crippen LogP contribution in [-0.2, 0) is 16.1 Å². The molecule has 0 atom stereocenters. The lowest BCUT2D eigenvalue weighted by Crippen LogP contribution is -2.24. The highest BCUT2D eigenvalue weighted by Crippen LogP contribution is 2.16. The minimum Gasteiger partial charge on any atom is -0.465 e. The Labute approximate surface area is 156 Å². The number of hydrogen-bond acceptors (Lipinski definition) is 9. The lowest BCUT2D eigenvalue weighted by atomic mass is 10.3. The number of tetrazole rings is 1. The fourth-order valence-corrected chi connectivity index (χ4v) is 2.63. The highest BCUT2D eigenvalue weighted by atomic mass is 35.5. The topological polar surface area (TPSA) is 118 Å². The summed E-state index contributed by atoms with van der Waals surface area (Å²) in [5.74, 6) is -0.150. The van der Waals surface area contributed by atoms with Crippen molar-refractivity contribution in [1.29, 1.82) is 0 Å². The molecule has 1 aromatic carbocycles. The molecule has 0 N–H and O–H groups in total. The highest BCUT2D eigenvalue weighted by Gasteiger charge is 2.14. The fourth-order valence-electron chi connectivity index (χ4n) is 1.93. The molecule has 0 radical (unpaired) electrons. The molecule has 0 spiro atoms. The molecule has 12 heteroatoms. The molecule has 10 nitrogen and oxygen atoms in total. The van der Waals surface area contributed by atoms with Crippen LogP contribution in [0.4, 0.5) is 0 Å². The molecule has 0 aliphatic carbocycles. The van der Waals surface area contributed by atoms with Crippen molar-refractivity contribution >= 4 is 29.3 Å². The van der Waals surface area contributed by atoms with E-state index in [0.29, 0.717) is 17.3 Å². The smallest absolute Gasteiger partial charge is 0.368 e. The largest absolute Gasteiger partial charge is 0.465 e. The van der Waals surface area contributed by atoms with Gasteiger partial charge in [0.25, 0.3) is 5.22 Å². The lowest BCUT2D eigenvalue weighted by Gasteiger charge is -1.98. The van der Waals surface area contributed by atoms with Crippen LogP contribution in [0.1, 0.15) is 12.8 Å². The van der Waals surface area contributed by atoms with Crippen LogP contribution in [0.2, 0.25) is 5.02 Å². The first kappa shape index (κ1) is 18.1. The van der Waals surface area contributed by atoms with E-state index in [1.165, 1.54) is 0 Å². The van der Waals surface area contributed by atoms with Gasteiger partial charge in [0.15, 0.2) is 0 Å². The van der Waals surface area contributed by atoms with Crippen LogP contribution >= 0.6 is 23.4 Å². The molecule has 0 aliphatic rings. The maximum Gasteiger partial charge on any atom is 0.368 e. The third kappa shape index (κ3) is 4.29. The number of halogens is 1. The van der Waals surface area contributed by atoms with Crippen molar-refractivity contribution in [3.63, 3.8) is 0 Å². The minimum atomic E-state index is -0.466. The first-order valence-electron chi connectivity index (χ1n) is 7.46. The van der Waals surface area contributed by atoms with Crippen LogP contribution in [0.15, 0.2) is 38.7 Å². The van der Waals surface area contributed by atoms with Gasteiger partial charge in [-0.05, 0) is 41.6 Å². The summed E-state index contributed by atoms with van der Waals surface area (Å²) >= 11 is 6.88. The summed E-state index contributed by atoms with van der Waals surface area (Å²) in [7, 11) is 0. The van der Waals surface area contributed by atoms with E-state index in [9.17, 15) is 9.59 Å². The highest BCUT2D eigenvalue weighted by molar-refractivity contribution is 7.99. The summed E-state index contributed by atoms with van der Waals surface area (Å²) in [5, 5.41) is 16.0. The van der Waals surface area contributed by atoms with Gasteiger partial charge in [0.1, 0.15) is 12.3 Å². The predicted octanol–water partition coefficient (Wildman–Crippen LogP) is 1.17. The van der Waals surface area contributed by atoms with Crippen LogP contribution in [0.25, 0.3) is 5.69 Å². The number of esters is 1. The molecule has 0 fully saturated rings. The molecule has 0 saturated carbocycles. The van der Waals surface area contributed by atoms with Crippen molar-refractivity contribution in [3.05, 3.63) is 45.7 Å². The molecule has 0 bridgehead atoms. The summed E-state index contributed by atoms with van der Waals surface area (Å²) in [4.78, 5) is 23.7. The summed E-state index contributed by atoms with van der Waals surface area (Å²) in [5.41, 5.74) is 0.0631. The summed E-state index contributed by atoms with van der Waals surface area (Å²) in [6, 6.07) is 6.60. The van der Waals surface area contributed by atoms with Gasteiger partial charge >= 0.3 is 11.7 Å². The van der Waals surface area contributed by atoms with Crippen molar-refractivity contribution in [2.45, 2.75) is 18.7 Å². The van der Waals surface area contributed by atoms with E-state index in [-0.39, 0.29) is 29.4 Å². The Bertz CT molecular complexity index is 951. The molecule has 3 rings (SSSR count). The Kier molecular flexibility index (Phi) is 5.68. The molecular formula is C14H13ClN6O4S. The molecule has 0 unspecified atom stereocenters. The normalized spacial score (nSPS) is 10.8. The van der Waals surface area contributed by atoms with E-state index in [4.69, 9.17) is 20.8 Å². The third-order valence-electron chi connectivity index (χ3n) is 3.06. The Morgan fingerprint density at radius 3 is 2.77 bits per heavy atom. The molecule has 136 valence electrons. The number of aromatic nitrogens is 6. The predicted molar refractivity (Wildman–Crippen MR) is 91.4 cm³/mol. The molecule has 2 aromatic heterocycles. The zero-order chi connectivity index (χ0) is 18.5. The van der Waals surface area contributed by atoms with Crippen LogP contribution in [-0.4, -0.2) is 48.3 Å². The SMILES string of the molecule is CCOC(=O)CSc1nnc(Cn2nnn(-c3ccc(Cl)cc3)c2=O)o1. The second-order valence-electron chi connectivity index (χ2n) is 4.86. The molecular weight excluding hydrogens is 384 g/mol. The number of ether oxygens (including phenoxy) is 1. The summed E-state index contributed by atoms with van der Waals surface area (Å²) in [6.45, 7) is 1.99. The van der Waals surface area contributed by atoms with Crippen LogP contribution in [0.3, 0.4) is 0 Å².